The molecule has 6 aromatic rings. The van der Waals surface area contributed by atoms with Crippen molar-refractivity contribution in [2.75, 3.05) is 96.1 Å². The minimum absolute atomic E-state index is 0.0121. The number of aromatic nitrogens is 12. The van der Waals surface area contributed by atoms with E-state index in [0.29, 0.717) is 38.9 Å². The third kappa shape index (κ3) is 42.1. The summed E-state index contributed by atoms with van der Waals surface area (Å²) in [5, 5.41) is 78.1. The van der Waals surface area contributed by atoms with Gasteiger partial charge in [-0.15, -0.1) is 0 Å². The second-order valence-electron chi connectivity index (χ2n) is 32.9. The number of phosphoric ester groups is 9. The number of ether oxygens (including phenoxy) is 3. The van der Waals surface area contributed by atoms with Crippen LogP contribution in [0.1, 0.15) is 142 Å². The van der Waals surface area contributed by atoms with Crippen molar-refractivity contribution < 1.29 is 228 Å². The topological polar surface area (TPSA) is 1070 Å². The average Bonchev–Trinajstić information content (AvgIpc) is 1.62. The molecule has 21 atom stereocenters. The lowest BCUT2D eigenvalue weighted by Gasteiger charge is -2.36. The van der Waals surface area contributed by atoms with Gasteiger partial charge in [-0.3, -0.25) is 69.9 Å². The van der Waals surface area contributed by atoms with Crippen molar-refractivity contribution in [2.45, 2.75) is 214 Å². The molecule has 6 aromatic heterocycles. The number of fused-ring (bicyclic) bond motifs is 3. The zero-order chi connectivity index (χ0) is 114. The molecule has 9 heterocycles. The molecule has 3 aliphatic heterocycles. The van der Waals surface area contributed by atoms with Crippen LogP contribution < -0.4 is 108 Å². The van der Waals surface area contributed by atoms with Crippen LogP contribution in [0.15, 0.2) is 38.0 Å². The van der Waals surface area contributed by atoms with Crippen molar-refractivity contribution in [3.63, 3.8) is 0 Å². The van der Waals surface area contributed by atoms with E-state index in [-0.39, 0.29) is 108 Å². The number of rotatable bonds is 54. The fourth-order valence-corrected chi connectivity index (χ4v) is 20.8. The highest BCUT2D eigenvalue weighted by atomic mass is 32.1. The predicted molar refractivity (Wildman–Crippen MR) is 486 cm³/mol. The van der Waals surface area contributed by atoms with Gasteiger partial charge in [0, 0.05) is 76.1 Å². The normalized spacial score (nSPS) is 22.7. The molecule has 18 N–H and O–H groups in total. The number of hydrogen-bond acceptors (Lipinski definition) is 61. The first-order valence-electron chi connectivity index (χ1n) is 44.2. The number of thiocarbonyl (C=S) groups is 1. The van der Waals surface area contributed by atoms with Crippen LogP contribution in [0.4, 0.5) is 17.5 Å². The number of aliphatic hydroxyl groups excluding tert-OH is 6. The first-order chi connectivity index (χ1) is 69.5. The molecule has 3 fully saturated rings. The van der Waals surface area contributed by atoms with Gasteiger partial charge in [-0.1, -0.05) is 95.8 Å². The highest BCUT2D eigenvalue weighted by Gasteiger charge is 2.52. The number of carbonyl (C=O) groups excluding carboxylic acids is 6. The molecule has 0 spiro atoms. The van der Waals surface area contributed by atoms with Crippen molar-refractivity contribution in [3.05, 3.63) is 38.0 Å². The van der Waals surface area contributed by atoms with Crippen molar-refractivity contribution in [1.29, 1.82) is 0 Å². The summed E-state index contributed by atoms with van der Waals surface area (Å²) in [6.07, 6.45) is -19.9. The fraction of sp³-hybridized carbons (Fsp3) is 0.686. The number of imidazole rings is 3. The number of aliphatic hydroxyl groups is 6. The number of nitrogens with one attached hydrogen (secondary N) is 6. The van der Waals surface area contributed by atoms with Gasteiger partial charge in [0.1, 0.15) is 109 Å². The molecule has 0 saturated carbocycles. The Balaban J connectivity index is 0.000000456. The van der Waals surface area contributed by atoms with Crippen molar-refractivity contribution >= 4 is 175 Å². The van der Waals surface area contributed by atoms with Crippen LogP contribution in [-0.4, -0.2) is 283 Å². The summed E-state index contributed by atoms with van der Waals surface area (Å²) in [6.45, 7) is 11.1. The van der Waals surface area contributed by atoms with E-state index in [1.807, 2.05) is 34.6 Å². The second-order valence-corrected chi connectivity index (χ2v) is 45.1. The average molecular weight is 2330 g/mol. The van der Waals surface area contributed by atoms with Gasteiger partial charge >= 0.3 is 0 Å². The lowest BCUT2D eigenvalue weighted by molar-refractivity contribution is -0.348. The Labute approximate surface area is 854 Å². The zero-order valence-electron chi connectivity index (χ0n) is 81.9. The number of nitrogens with two attached hydrogens (primary N) is 3. The third-order valence-electron chi connectivity index (χ3n) is 19.9. The number of nitrogen functional groups attached to an aromatic ring is 3. The summed E-state index contributed by atoms with van der Waals surface area (Å²) in [4.78, 5) is 249. The summed E-state index contributed by atoms with van der Waals surface area (Å²) < 4.78 is 186. The molecular formula is C70H114N21O48P9S-12. The van der Waals surface area contributed by atoms with E-state index < -0.39 is 236 Å². The summed E-state index contributed by atoms with van der Waals surface area (Å²) in [5.74, 6) is -1.32. The van der Waals surface area contributed by atoms with E-state index in [1.165, 1.54) is 48.9 Å². The molecule has 0 bridgehead atoms. The summed E-state index contributed by atoms with van der Waals surface area (Å²) in [6, 6.07) is 0. The van der Waals surface area contributed by atoms with E-state index in [0.717, 1.165) is 51.7 Å². The van der Waals surface area contributed by atoms with E-state index in [4.69, 9.17) is 32.8 Å². The SMILES string of the molecule is C=S.CC.CCCNC(=O)CCNC(=O)C(O)C(C)(C)COP(=O)([O-])OP(=O)([O-])OCC1OC(n2cnc3c(N)ncnc32)C(O)C1OP(=O)([O-])[O-].CCCNC(=O)CCNC(=O)C(O)C(C)(C)COP(=O)([O-])OP(=O)([O-])OCC1OC(n2cnc3c(N)ncnc32)C(O)C1OP(=O)([O-])[O-].CCCNC(=O)CCNC(=O)C(O)C(C)(C)COP(=O)([O-])OP(=O)([O-])OCC1OC(n2cnc3c(N)ncnc32)C(O)C1OP(=O)([O-])[O-].[2H]C. The highest BCUT2D eigenvalue weighted by Crippen LogP contribution is 2.60. The van der Waals surface area contributed by atoms with Crippen LogP contribution >= 0.6 is 82.6 Å². The Hall–Kier alpha value is -7.29. The second kappa shape index (κ2) is 57.9. The van der Waals surface area contributed by atoms with Crippen LogP contribution in [0, 0.1) is 16.2 Å². The van der Waals surface area contributed by atoms with Gasteiger partial charge in [0.25, 0.3) is 46.9 Å². The quantitative estimate of drug-likeness (QED) is 0.0125. The molecule has 3 saturated heterocycles. The standard InChI is InChI=1S/3C22H38N7O16P3.C2H6.CH2S.CH4/c3*1-4-6-24-13(30)5-7-25-20(33)17(32)22(2,3)9-42-48(39,40)45-47(37,38)41-8-12-16(44-46(34,35)36)15(31)21(43-12)29-11-28-14-18(23)26-10-27-19(14)29;2*1-2;/h3*10-12,15-17,21,31-32H,4-9H2,1-3H3,(H,24,30)(H,25,33)(H,37,38)(H,39,40)(H2,23,26,27)(H2,34,35,36);1-2H3;1H2;1H4/p-12/i;;;;;1D. The molecular weight excluding hydrogens is 2210 g/mol. The molecule has 3 aliphatic rings. The van der Waals surface area contributed by atoms with Crippen molar-refractivity contribution in [3.8, 4) is 0 Å². The number of nitrogens with zero attached hydrogens (tertiary/aromatic N) is 12. The van der Waals surface area contributed by atoms with Gasteiger partial charge in [-0.2, -0.15) is 0 Å². The van der Waals surface area contributed by atoms with E-state index >= 15 is 0 Å². The third-order valence-corrected chi connectivity index (χ3v) is 28.9. The summed E-state index contributed by atoms with van der Waals surface area (Å²) >= 11 is 3.83. The minimum Gasteiger partial charge on any atom is -0.790 e. The van der Waals surface area contributed by atoms with Gasteiger partial charge in [0.05, 0.1) is 82.1 Å². The lowest BCUT2D eigenvalue weighted by Crippen LogP contribution is -2.46. The number of phosphoric acid groups is 9. The molecule has 149 heavy (non-hydrogen) atoms. The van der Waals surface area contributed by atoms with E-state index in [1.54, 1.807) is 0 Å². The molecule has 0 aliphatic carbocycles. The maximum atomic E-state index is 12.4. The van der Waals surface area contributed by atoms with Gasteiger partial charge < -0.3 is 207 Å². The number of carbonyl (C=O) groups is 6. The van der Waals surface area contributed by atoms with Gasteiger partial charge in [0.15, 0.2) is 53.1 Å². The minimum atomic E-state index is -5.88. The van der Waals surface area contributed by atoms with Crippen molar-refractivity contribution in [1.82, 2.24) is 90.5 Å². The van der Waals surface area contributed by atoms with Crippen molar-refractivity contribution in [2.24, 2.45) is 16.2 Å². The largest absolute Gasteiger partial charge is 0.790 e. The monoisotopic (exact) mass is 2330 g/mol. The predicted octanol–water partition coefficient (Wildman–Crippen LogP) is -8.86. The smallest absolute Gasteiger partial charge is 0.274 e. The molecule has 0 aromatic carbocycles. The molecule has 0 radical (unpaired) electrons. The summed E-state index contributed by atoms with van der Waals surface area (Å²) in [7, 11) is -51.2. The Morgan fingerprint density at radius 3 is 0.826 bits per heavy atom. The Morgan fingerprint density at radius 2 is 0.617 bits per heavy atom. The number of hydrogen-bond donors (Lipinski definition) is 15. The highest BCUT2D eigenvalue weighted by molar-refractivity contribution is 7.77. The molecule has 6 amide bonds. The Bertz CT molecular complexity index is 5350. The zero-order valence-corrected chi connectivity index (χ0v) is 89.8. The van der Waals surface area contributed by atoms with Crippen LogP contribution in [0.25, 0.3) is 33.5 Å². The maximum absolute atomic E-state index is 12.4. The van der Waals surface area contributed by atoms with Gasteiger partial charge in [0.2, 0.25) is 35.4 Å². The first-order valence-corrected chi connectivity index (χ1v) is 57.0. The molecule has 69 nitrogen and oxygen atoms in total. The van der Waals surface area contributed by atoms with Crippen LogP contribution in [0.3, 0.4) is 0 Å². The van der Waals surface area contributed by atoms with Crippen LogP contribution in [0.5, 0.6) is 0 Å². The number of anilines is 3. The van der Waals surface area contributed by atoms with Crippen LogP contribution in [-0.2, 0) is 138 Å². The van der Waals surface area contributed by atoms with E-state index in [2.05, 4.69) is 148 Å². The molecule has 21 unspecified atom stereocenters. The fourth-order valence-electron chi connectivity index (χ4n) is 12.5. The van der Waals surface area contributed by atoms with Gasteiger partial charge in [-0.05, 0) is 25.1 Å². The maximum Gasteiger partial charge on any atom is 0.274 e. The Morgan fingerprint density at radius 1 is 0.403 bits per heavy atom. The van der Waals surface area contributed by atoms with Crippen LogP contribution in [0.2, 0.25) is 0 Å². The Kier molecular flexibility index (Phi) is 51.4. The number of amides is 6. The summed E-state index contributed by atoms with van der Waals surface area (Å²) in [5.41, 5.74) is 12.4. The van der Waals surface area contributed by atoms with Gasteiger partial charge in [-0.25, -0.2) is 57.8 Å². The molecule has 850 valence electrons. The van der Waals surface area contributed by atoms with E-state index in [9.17, 15) is 159 Å². The lowest BCUT2D eigenvalue weighted by atomic mass is 9.87. The first kappa shape index (κ1) is 132. The molecule has 79 heteroatoms. The molecule has 9 rings (SSSR count).